The normalized spacial score (nSPS) is 15.2. The molecule has 0 spiro atoms. The zero-order chi connectivity index (χ0) is 22.9. The maximum atomic E-state index is 13.6. The van der Waals surface area contributed by atoms with Gasteiger partial charge in [-0.2, -0.15) is 0 Å². The molecule has 0 radical (unpaired) electrons. The number of aromatic amines is 1. The first-order chi connectivity index (χ1) is 16.1. The lowest BCUT2D eigenvalue weighted by atomic mass is 9.92. The average molecular weight is 462 g/mol. The molecule has 1 aromatic heterocycles. The molecule has 6 nitrogen and oxygen atoms in total. The van der Waals surface area contributed by atoms with Gasteiger partial charge in [-0.05, 0) is 53.9 Å². The Hall–Kier alpha value is -3.64. The molecular formula is C26H24ClN3O3. The lowest BCUT2D eigenvalue weighted by Gasteiger charge is -2.36. The number of benzene rings is 3. The molecule has 1 atom stereocenters. The second-order valence-corrected chi connectivity index (χ2v) is 8.39. The molecule has 2 N–H and O–H groups in total. The van der Waals surface area contributed by atoms with E-state index in [1.165, 1.54) is 10.9 Å². The average Bonchev–Trinajstić information content (AvgIpc) is 3.22. The van der Waals surface area contributed by atoms with Crippen molar-refractivity contribution in [2.45, 2.75) is 12.5 Å². The van der Waals surface area contributed by atoms with Crippen LogP contribution in [-0.2, 0) is 6.42 Å². The van der Waals surface area contributed by atoms with Crippen LogP contribution in [0.3, 0.4) is 0 Å². The highest BCUT2D eigenvalue weighted by Gasteiger charge is 2.35. The lowest BCUT2D eigenvalue weighted by molar-refractivity contribution is 0.193. The fourth-order valence-corrected chi connectivity index (χ4v) is 4.73. The van der Waals surface area contributed by atoms with E-state index < -0.39 is 0 Å². The zero-order valence-electron chi connectivity index (χ0n) is 18.4. The quantitative estimate of drug-likeness (QED) is 0.390. The van der Waals surface area contributed by atoms with E-state index in [-0.39, 0.29) is 12.1 Å². The van der Waals surface area contributed by atoms with E-state index in [4.69, 9.17) is 21.1 Å². The number of nitrogens with zero attached hydrogens (tertiary/aromatic N) is 1. The van der Waals surface area contributed by atoms with Gasteiger partial charge in [-0.1, -0.05) is 41.9 Å². The molecule has 3 aromatic carbocycles. The SMILES string of the molecule is COc1ccc([C@H]2c3[nH]c4ccccc4c3CCN2C(=O)Nc2cc(Cl)ccc2OC)cc1. The van der Waals surface area contributed by atoms with Crippen LogP contribution >= 0.6 is 11.6 Å². The van der Waals surface area contributed by atoms with Crippen molar-refractivity contribution in [1.29, 1.82) is 0 Å². The first kappa shape index (κ1) is 21.2. The van der Waals surface area contributed by atoms with Gasteiger partial charge in [0.05, 0.1) is 25.9 Å². The van der Waals surface area contributed by atoms with Gasteiger partial charge in [-0.3, -0.25) is 0 Å². The number of carbonyl (C=O) groups excluding carboxylic acids is 1. The Morgan fingerprint density at radius 2 is 1.85 bits per heavy atom. The van der Waals surface area contributed by atoms with Gasteiger partial charge < -0.3 is 24.7 Å². The molecule has 5 rings (SSSR count). The number of aromatic nitrogens is 1. The van der Waals surface area contributed by atoms with Crippen LogP contribution in [0.2, 0.25) is 5.02 Å². The largest absolute Gasteiger partial charge is 0.497 e. The topological polar surface area (TPSA) is 66.6 Å². The van der Waals surface area contributed by atoms with Crippen LogP contribution in [0.1, 0.15) is 22.9 Å². The van der Waals surface area contributed by atoms with E-state index in [0.717, 1.165) is 28.9 Å². The van der Waals surface area contributed by atoms with Crippen LogP contribution in [0.25, 0.3) is 10.9 Å². The predicted octanol–water partition coefficient (Wildman–Crippen LogP) is 6.02. The van der Waals surface area contributed by atoms with E-state index in [0.29, 0.717) is 23.0 Å². The summed E-state index contributed by atoms with van der Waals surface area (Å²) in [5, 5.41) is 4.72. The van der Waals surface area contributed by atoms with Gasteiger partial charge >= 0.3 is 6.03 Å². The maximum absolute atomic E-state index is 13.6. The zero-order valence-corrected chi connectivity index (χ0v) is 19.1. The van der Waals surface area contributed by atoms with Gasteiger partial charge in [-0.25, -0.2) is 4.79 Å². The van der Waals surface area contributed by atoms with Crippen LogP contribution in [0.15, 0.2) is 66.7 Å². The molecule has 0 saturated heterocycles. The van der Waals surface area contributed by atoms with Gasteiger partial charge in [0.2, 0.25) is 0 Å². The summed E-state index contributed by atoms with van der Waals surface area (Å²) in [5.74, 6) is 1.32. The van der Waals surface area contributed by atoms with Crippen LogP contribution < -0.4 is 14.8 Å². The molecule has 1 aliphatic rings. The number of methoxy groups -OCH3 is 2. The smallest absolute Gasteiger partial charge is 0.322 e. The van der Waals surface area contributed by atoms with E-state index in [2.05, 4.69) is 22.4 Å². The van der Waals surface area contributed by atoms with Gasteiger partial charge in [0.1, 0.15) is 11.5 Å². The standard InChI is InChI=1S/C26H24ClN3O3/c1-32-18-10-7-16(8-11-18)25-24-20(19-5-3-4-6-21(19)28-24)13-14-30(25)26(31)29-22-15-17(27)9-12-23(22)33-2/h3-12,15,25,28H,13-14H2,1-2H3,(H,29,31)/t25-/m0/s1. The molecule has 0 saturated carbocycles. The molecule has 0 aliphatic carbocycles. The number of halogens is 1. The minimum absolute atomic E-state index is 0.222. The highest BCUT2D eigenvalue weighted by atomic mass is 35.5. The Morgan fingerprint density at radius 1 is 1.06 bits per heavy atom. The number of rotatable bonds is 4. The summed E-state index contributed by atoms with van der Waals surface area (Å²) in [7, 11) is 3.21. The second-order valence-electron chi connectivity index (χ2n) is 7.96. The first-order valence-electron chi connectivity index (χ1n) is 10.7. The number of nitrogens with one attached hydrogen (secondary N) is 2. The first-order valence-corrected chi connectivity index (χ1v) is 11.1. The van der Waals surface area contributed by atoms with E-state index in [1.807, 2.05) is 41.3 Å². The Kier molecular flexibility index (Phi) is 5.60. The summed E-state index contributed by atoms with van der Waals surface area (Å²) < 4.78 is 10.7. The number of hydrogen-bond donors (Lipinski definition) is 2. The van der Waals surface area contributed by atoms with Crippen LogP contribution in [0, 0.1) is 0 Å². The number of hydrogen-bond acceptors (Lipinski definition) is 3. The minimum Gasteiger partial charge on any atom is -0.497 e. The number of H-pyrrole nitrogens is 1. The Balaban J connectivity index is 1.57. The Bertz CT molecular complexity index is 1320. The van der Waals surface area contributed by atoms with Crippen molar-refractivity contribution in [2.24, 2.45) is 0 Å². The summed E-state index contributed by atoms with van der Waals surface area (Å²) in [4.78, 5) is 19.0. The van der Waals surface area contributed by atoms with Gasteiger partial charge in [0.25, 0.3) is 0 Å². The predicted molar refractivity (Wildman–Crippen MR) is 131 cm³/mol. The molecule has 2 amide bonds. The van der Waals surface area contributed by atoms with Crippen LogP contribution in [0.4, 0.5) is 10.5 Å². The molecule has 4 aromatic rings. The number of urea groups is 1. The van der Waals surface area contributed by atoms with Crippen LogP contribution in [-0.4, -0.2) is 36.7 Å². The number of amides is 2. The van der Waals surface area contributed by atoms with Gasteiger partial charge in [0, 0.05) is 28.2 Å². The third-order valence-electron chi connectivity index (χ3n) is 6.13. The molecule has 168 valence electrons. The summed E-state index contributed by atoms with van der Waals surface area (Å²) >= 11 is 6.17. The second kappa shape index (κ2) is 8.71. The number of carbonyl (C=O) groups is 1. The molecular weight excluding hydrogens is 438 g/mol. The molecule has 33 heavy (non-hydrogen) atoms. The summed E-state index contributed by atoms with van der Waals surface area (Å²) in [6, 6.07) is 20.8. The monoisotopic (exact) mass is 461 g/mol. The van der Waals surface area contributed by atoms with E-state index in [9.17, 15) is 4.79 Å². The number of ether oxygens (including phenoxy) is 2. The van der Waals surface area contributed by atoms with Crippen molar-refractivity contribution in [2.75, 3.05) is 26.1 Å². The highest BCUT2D eigenvalue weighted by molar-refractivity contribution is 6.31. The van der Waals surface area contributed by atoms with Crippen molar-refractivity contribution >= 4 is 34.2 Å². The van der Waals surface area contributed by atoms with Crippen molar-refractivity contribution in [3.63, 3.8) is 0 Å². The van der Waals surface area contributed by atoms with Crippen molar-refractivity contribution < 1.29 is 14.3 Å². The van der Waals surface area contributed by atoms with Crippen molar-refractivity contribution in [1.82, 2.24) is 9.88 Å². The minimum atomic E-state index is -0.280. The molecule has 0 unspecified atom stereocenters. The summed E-state index contributed by atoms with van der Waals surface area (Å²) in [6.45, 7) is 0.570. The molecule has 7 heteroatoms. The fraction of sp³-hybridized carbons (Fsp3) is 0.192. The van der Waals surface area contributed by atoms with Crippen LogP contribution in [0.5, 0.6) is 11.5 Å². The molecule has 0 fully saturated rings. The third-order valence-corrected chi connectivity index (χ3v) is 6.37. The molecule has 0 bridgehead atoms. The summed E-state index contributed by atoms with van der Waals surface area (Å²) in [5.41, 5.74) is 4.87. The Labute approximate surface area is 197 Å². The lowest BCUT2D eigenvalue weighted by Crippen LogP contribution is -2.43. The van der Waals surface area contributed by atoms with Crippen molar-refractivity contribution in [3.8, 4) is 11.5 Å². The fourth-order valence-electron chi connectivity index (χ4n) is 4.56. The molecule has 1 aliphatic heterocycles. The number of anilines is 1. The number of fused-ring (bicyclic) bond motifs is 3. The maximum Gasteiger partial charge on any atom is 0.322 e. The Morgan fingerprint density at radius 3 is 2.61 bits per heavy atom. The van der Waals surface area contributed by atoms with Gasteiger partial charge in [0.15, 0.2) is 0 Å². The van der Waals surface area contributed by atoms with Gasteiger partial charge in [-0.15, -0.1) is 0 Å². The summed E-state index contributed by atoms with van der Waals surface area (Å²) in [6.07, 6.45) is 0.756. The number of para-hydroxylation sites is 1. The van der Waals surface area contributed by atoms with E-state index in [1.54, 1.807) is 32.4 Å². The molecule has 2 heterocycles. The third kappa shape index (κ3) is 3.87. The van der Waals surface area contributed by atoms with Crippen molar-refractivity contribution in [3.05, 3.63) is 88.6 Å². The van der Waals surface area contributed by atoms with E-state index >= 15 is 0 Å². The highest BCUT2D eigenvalue weighted by Crippen LogP contribution is 2.39.